The highest BCUT2D eigenvalue weighted by Gasteiger charge is 2.23. The Morgan fingerprint density at radius 1 is 1.53 bits per heavy atom. The van der Waals surface area contributed by atoms with Gasteiger partial charge in [-0.1, -0.05) is 0 Å². The lowest BCUT2D eigenvalue weighted by atomic mass is 10.2. The maximum Gasteiger partial charge on any atom is 0.275 e. The van der Waals surface area contributed by atoms with Crippen LogP contribution in [0, 0.1) is 0 Å². The van der Waals surface area contributed by atoms with E-state index in [0.29, 0.717) is 24.0 Å². The van der Waals surface area contributed by atoms with Crippen LogP contribution in [0.3, 0.4) is 0 Å². The predicted octanol–water partition coefficient (Wildman–Crippen LogP) is 0.0620. The van der Waals surface area contributed by atoms with Crippen molar-refractivity contribution in [3.05, 3.63) is 21.9 Å². The molecule has 1 aliphatic rings. The molecular weight excluding hydrogens is 264 g/mol. The van der Waals surface area contributed by atoms with Crippen molar-refractivity contribution >= 4 is 23.2 Å². The summed E-state index contributed by atoms with van der Waals surface area (Å²) in [6.07, 6.45) is 2.17. The summed E-state index contributed by atoms with van der Waals surface area (Å²) in [6.45, 7) is 0.875. The quantitative estimate of drug-likeness (QED) is 0.391. The number of amides is 2. The third kappa shape index (κ3) is 4.02. The van der Waals surface area contributed by atoms with Crippen LogP contribution in [0.2, 0.25) is 0 Å². The van der Waals surface area contributed by atoms with Gasteiger partial charge < -0.3 is 5.32 Å². The molecule has 1 aliphatic carbocycles. The van der Waals surface area contributed by atoms with E-state index >= 15 is 0 Å². The van der Waals surface area contributed by atoms with E-state index < -0.39 is 0 Å². The first kappa shape index (κ1) is 14.0. The Bertz CT molecular complexity index is 470. The summed E-state index contributed by atoms with van der Waals surface area (Å²) in [5, 5.41) is 4.78. The van der Waals surface area contributed by atoms with Crippen LogP contribution in [-0.4, -0.2) is 36.3 Å². The molecule has 0 atom stereocenters. The van der Waals surface area contributed by atoms with E-state index in [1.54, 1.807) is 0 Å². The van der Waals surface area contributed by atoms with Crippen LogP contribution >= 0.6 is 11.3 Å². The molecule has 0 unspecified atom stereocenters. The highest BCUT2D eigenvalue weighted by molar-refractivity contribution is 7.12. The van der Waals surface area contributed by atoms with Crippen LogP contribution in [0.1, 0.15) is 28.1 Å². The molecule has 4 N–H and O–H groups in total. The number of thiophene rings is 1. The lowest BCUT2D eigenvalue weighted by Gasteiger charge is -2.16. The van der Waals surface area contributed by atoms with E-state index in [-0.39, 0.29) is 11.8 Å². The minimum atomic E-state index is -0.291. The first-order chi connectivity index (χ1) is 9.10. The van der Waals surface area contributed by atoms with Crippen molar-refractivity contribution in [3.63, 3.8) is 0 Å². The fourth-order valence-corrected chi connectivity index (χ4v) is 2.64. The molecule has 2 amide bonds. The van der Waals surface area contributed by atoms with E-state index in [9.17, 15) is 9.59 Å². The Hall–Kier alpha value is -1.44. The Kier molecular flexibility index (Phi) is 4.52. The monoisotopic (exact) mass is 282 g/mol. The summed E-state index contributed by atoms with van der Waals surface area (Å²) in [4.78, 5) is 25.7. The normalized spacial score (nSPS) is 14.5. The molecule has 1 fully saturated rings. The number of nitrogens with zero attached hydrogens (tertiary/aromatic N) is 1. The zero-order valence-corrected chi connectivity index (χ0v) is 11.6. The van der Waals surface area contributed by atoms with E-state index in [4.69, 9.17) is 5.84 Å². The van der Waals surface area contributed by atoms with Gasteiger partial charge in [-0.2, -0.15) is 0 Å². The van der Waals surface area contributed by atoms with Gasteiger partial charge in [0.1, 0.15) is 0 Å². The molecule has 0 radical (unpaired) electrons. The minimum Gasteiger partial charge on any atom is -0.352 e. The first-order valence-corrected chi connectivity index (χ1v) is 7.03. The number of hydrogen-bond acceptors (Lipinski definition) is 5. The Morgan fingerprint density at radius 2 is 2.26 bits per heavy atom. The van der Waals surface area contributed by atoms with Crippen molar-refractivity contribution in [3.8, 4) is 0 Å². The van der Waals surface area contributed by atoms with Gasteiger partial charge in [-0.05, 0) is 36.9 Å². The predicted molar refractivity (Wildman–Crippen MR) is 73.5 cm³/mol. The topological polar surface area (TPSA) is 87.5 Å². The number of hydrazine groups is 1. The van der Waals surface area contributed by atoms with Crippen LogP contribution < -0.4 is 16.6 Å². The summed E-state index contributed by atoms with van der Waals surface area (Å²) in [7, 11) is 1.86. The van der Waals surface area contributed by atoms with Gasteiger partial charge >= 0.3 is 0 Å². The van der Waals surface area contributed by atoms with Gasteiger partial charge in [0.05, 0.1) is 11.4 Å². The van der Waals surface area contributed by atoms with Gasteiger partial charge in [0.25, 0.3) is 5.91 Å². The molecule has 0 saturated heterocycles. The van der Waals surface area contributed by atoms with Gasteiger partial charge in [0.2, 0.25) is 5.91 Å². The van der Waals surface area contributed by atoms with Crippen molar-refractivity contribution in [1.29, 1.82) is 0 Å². The molecule has 104 valence electrons. The average molecular weight is 282 g/mol. The van der Waals surface area contributed by atoms with Crippen molar-refractivity contribution < 1.29 is 9.59 Å². The molecule has 7 heteroatoms. The van der Waals surface area contributed by atoms with E-state index in [1.165, 1.54) is 11.3 Å². The molecule has 1 heterocycles. The number of likely N-dealkylation sites (N-methyl/N-ethyl adjacent to an activating group) is 1. The number of nitrogens with one attached hydrogen (secondary N) is 2. The first-order valence-electron chi connectivity index (χ1n) is 6.15. The Labute approximate surface area is 115 Å². The number of nitrogen functional groups attached to an aromatic ring is 1. The maximum absolute atomic E-state index is 11.7. The van der Waals surface area contributed by atoms with E-state index in [1.807, 2.05) is 23.4 Å². The fourth-order valence-electron chi connectivity index (χ4n) is 1.82. The molecule has 2 rings (SSSR count). The van der Waals surface area contributed by atoms with Crippen LogP contribution in [0.5, 0.6) is 0 Å². The van der Waals surface area contributed by atoms with Gasteiger partial charge in [0.15, 0.2) is 0 Å². The largest absolute Gasteiger partial charge is 0.352 e. The van der Waals surface area contributed by atoms with Crippen LogP contribution in [0.15, 0.2) is 11.4 Å². The third-order valence-electron chi connectivity index (χ3n) is 2.88. The van der Waals surface area contributed by atoms with Gasteiger partial charge in [0, 0.05) is 12.6 Å². The Balaban J connectivity index is 1.87. The van der Waals surface area contributed by atoms with Crippen molar-refractivity contribution in [2.45, 2.75) is 25.4 Å². The van der Waals surface area contributed by atoms with E-state index in [2.05, 4.69) is 10.7 Å². The summed E-state index contributed by atoms with van der Waals surface area (Å²) in [5.41, 5.74) is 3.01. The molecule has 1 aromatic heterocycles. The zero-order chi connectivity index (χ0) is 13.8. The molecule has 6 nitrogen and oxygen atoms in total. The zero-order valence-electron chi connectivity index (χ0n) is 10.8. The maximum atomic E-state index is 11.7. The molecule has 0 bridgehead atoms. The standard InChI is InChI=1S/C12H18N4O2S/c1-16(7-10(17)14-9-2-3-9)6-8-4-5-19-11(8)12(18)15-13/h4-5,9H,2-3,6-7,13H2,1H3,(H,14,17)(H,15,18). The van der Waals surface area contributed by atoms with Gasteiger partial charge in [-0.25, -0.2) is 5.84 Å². The summed E-state index contributed by atoms with van der Waals surface area (Å²) >= 11 is 1.34. The smallest absolute Gasteiger partial charge is 0.275 e. The van der Waals surface area contributed by atoms with Crippen molar-refractivity contribution in [1.82, 2.24) is 15.6 Å². The van der Waals surface area contributed by atoms with Crippen LogP contribution in [-0.2, 0) is 11.3 Å². The third-order valence-corrected chi connectivity index (χ3v) is 3.84. The van der Waals surface area contributed by atoms with Crippen LogP contribution in [0.4, 0.5) is 0 Å². The molecule has 0 aromatic carbocycles. The molecule has 19 heavy (non-hydrogen) atoms. The highest BCUT2D eigenvalue weighted by Crippen LogP contribution is 2.19. The number of hydrogen-bond donors (Lipinski definition) is 3. The van der Waals surface area contributed by atoms with Crippen LogP contribution in [0.25, 0.3) is 0 Å². The summed E-state index contributed by atoms with van der Waals surface area (Å²) < 4.78 is 0. The molecule has 0 spiro atoms. The van der Waals surface area contributed by atoms with Gasteiger partial charge in [-0.3, -0.25) is 19.9 Å². The minimum absolute atomic E-state index is 0.0325. The lowest BCUT2D eigenvalue weighted by molar-refractivity contribution is -0.122. The second-order valence-electron chi connectivity index (χ2n) is 4.76. The summed E-state index contributed by atoms with van der Waals surface area (Å²) in [6, 6.07) is 2.26. The second-order valence-corrected chi connectivity index (χ2v) is 5.68. The Morgan fingerprint density at radius 3 is 2.89 bits per heavy atom. The van der Waals surface area contributed by atoms with Crippen molar-refractivity contribution in [2.75, 3.05) is 13.6 Å². The number of carbonyl (C=O) groups excluding carboxylic acids is 2. The SMILES string of the molecule is CN(CC(=O)NC1CC1)Cc1ccsc1C(=O)NN. The average Bonchev–Trinajstić information content (AvgIpc) is 3.04. The number of nitrogens with two attached hydrogens (primary N) is 1. The number of rotatable bonds is 6. The molecule has 0 aliphatic heterocycles. The second kappa shape index (κ2) is 6.14. The molecular formula is C12H18N4O2S. The number of carbonyl (C=O) groups is 2. The summed E-state index contributed by atoms with van der Waals surface area (Å²) in [5.74, 6) is 4.88. The lowest BCUT2D eigenvalue weighted by Crippen LogP contribution is -2.36. The fraction of sp³-hybridized carbons (Fsp3) is 0.500. The highest BCUT2D eigenvalue weighted by atomic mass is 32.1. The van der Waals surface area contributed by atoms with Gasteiger partial charge in [-0.15, -0.1) is 11.3 Å². The van der Waals surface area contributed by atoms with E-state index in [0.717, 1.165) is 18.4 Å². The molecule has 1 aromatic rings. The molecule has 1 saturated carbocycles. The van der Waals surface area contributed by atoms with Crippen molar-refractivity contribution in [2.24, 2.45) is 5.84 Å².